The Hall–Kier alpha value is -2.12. The fraction of sp³-hybridized carbons (Fsp3) is 0.368. The van der Waals surface area contributed by atoms with Crippen LogP contribution < -0.4 is 5.73 Å². The second-order valence-corrected chi connectivity index (χ2v) is 6.47. The molecule has 1 unspecified atom stereocenters. The maximum Gasteiger partial charge on any atom is 0.433 e. The molecule has 0 spiro atoms. The number of benzene rings is 1. The Balaban J connectivity index is 0.00000261. The van der Waals surface area contributed by atoms with Crippen LogP contribution in [0.1, 0.15) is 35.3 Å². The highest BCUT2D eigenvalue weighted by Crippen LogP contribution is 2.29. The molecular formula is C19H21ClF3N3O. The number of halogens is 4. The van der Waals surface area contributed by atoms with Gasteiger partial charge in [0.2, 0.25) is 0 Å². The number of hydrogen-bond donors (Lipinski definition) is 1. The first-order valence-electron chi connectivity index (χ1n) is 8.54. The van der Waals surface area contributed by atoms with Gasteiger partial charge in [0.1, 0.15) is 5.69 Å². The molecule has 2 N–H and O–H groups in total. The molecule has 0 radical (unpaired) electrons. The first-order valence-corrected chi connectivity index (χ1v) is 8.54. The quantitative estimate of drug-likeness (QED) is 0.825. The Kier molecular flexibility index (Phi) is 6.84. The highest BCUT2D eigenvalue weighted by Gasteiger charge is 2.32. The van der Waals surface area contributed by atoms with Gasteiger partial charge in [0.15, 0.2) is 0 Å². The SMILES string of the molecule is Cl.NC1CCCN(C(=O)c2ccc(-c3cccc(C(F)(F)F)n3)cc2)CC1. The van der Waals surface area contributed by atoms with Crippen molar-refractivity contribution in [1.29, 1.82) is 0 Å². The summed E-state index contributed by atoms with van der Waals surface area (Å²) in [6.07, 6.45) is -1.93. The van der Waals surface area contributed by atoms with Crippen molar-refractivity contribution in [2.24, 2.45) is 5.73 Å². The lowest BCUT2D eigenvalue weighted by atomic mass is 10.1. The van der Waals surface area contributed by atoms with Crippen LogP contribution in [0.25, 0.3) is 11.3 Å². The van der Waals surface area contributed by atoms with E-state index in [-0.39, 0.29) is 30.0 Å². The standard InChI is InChI=1S/C19H20F3N3O.ClH/c20-19(21,22)17-5-1-4-16(24-17)13-6-8-14(9-7-13)18(26)25-11-2-3-15(23)10-12-25;/h1,4-9,15H,2-3,10-12,23H2;1H. The summed E-state index contributed by atoms with van der Waals surface area (Å²) < 4.78 is 38.4. The summed E-state index contributed by atoms with van der Waals surface area (Å²) in [5.41, 5.74) is 6.27. The van der Waals surface area contributed by atoms with Gasteiger partial charge in [-0.3, -0.25) is 4.79 Å². The molecule has 1 fully saturated rings. The van der Waals surface area contributed by atoms with Gasteiger partial charge in [0, 0.05) is 30.3 Å². The number of nitrogens with zero attached hydrogens (tertiary/aromatic N) is 2. The van der Waals surface area contributed by atoms with Crippen LogP contribution in [0, 0.1) is 0 Å². The van der Waals surface area contributed by atoms with Crippen LogP contribution in [0.15, 0.2) is 42.5 Å². The number of carbonyl (C=O) groups excluding carboxylic acids is 1. The highest BCUT2D eigenvalue weighted by molar-refractivity contribution is 5.94. The Morgan fingerprint density at radius 1 is 1.07 bits per heavy atom. The van der Waals surface area contributed by atoms with E-state index in [9.17, 15) is 18.0 Å². The van der Waals surface area contributed by atoms with Gasteiger partial charge in [0.05, 0.1) is 5.69 Å². The minimum absolute atomic E-state index is 0. The van der Waals surface area contributed by atoms with Crippen molar-refractivity contribution in [2.45, 2.75) is 31.5 Å². The maximum atomic E-state index is 12.8. The van der Waals surface area contributed by atoms with Gasteiger partial charge >= 0.3 is 6.18 Å². The molecule has 0 aliphatic carbocycles. The molecular weight excluding hydrogens is 379 g/mol. The number of nitrogens with two attached hydrogens (primary N) is 1. The molecule has 27 heavy (non-hydrogen) atoms. The summed E-state index contributed by atoms with van der Waals surface area (Å²) in [6, 6.07) is 10.4. The third-order valence-electron chi connectivity index (χ3n) is 4.53. The van der Waals surface area contributed by atoms with E-state index in [0.29, 0.717) is 24.2 Å². The largest absolute Gasteiger partial charge is 0.433 e. The van der Waals surface area contributed by atoms with Gasteiger partial charge in [-0.25, -0.2) is 4.98 Å². The summed E-state index contributed by atoms with van der Waals surface area (Å²) in [5.74, 6) is -0.0809. The number of hydrogen-bond acceptors (Lipinski definition) is 3. The van der Waals surface area contributed by atoms with Crippen molar-refractivity contribution in [3.05, 3.63) is 53.7 Å². The van der Waals surface area contributed by atoms with Crippen molar-refractivity contribution in [3.8, 4) is 11.3 Å². The first kappa shape index (κ1) is 21.2. The summed E-state index contributed by atoms with van der Waals surface area (Å²) in [6.45, 7) is 1.29. The molecule has 0 saturated carbocycles. The molecule has 2 heterocycles. The van der Waals surface area contributed by atoms with E-state index in [0.717, 1.165) is 25.3 Å². The first-order chi connectivity index (χ1) is 12.3. The topological polar surface area (TPSA) is 59.2 Å². The van der Waals surface area contributed by atoms with E-state index in [2.05, 4.69) is 4.98 Å². The Labute approximate surface area is 162 Å². The third-order valence-corrected chi connectivity index (χ3v) is 4.53. The Bertz CT molecular complexity index is 781. The van der Waals surface area contributed by atoms with E-state index < -0.39 is 11.9 Å². The van der Waals surface area contributed by atoms with E-state index in [1.165, 1.54) is 12.1 Å². The molecule has 1 aromatic carbocycles. The maximum absolute atomic E-state index is 12.8. The molecule has 1 saturated heterocycles. The lowest BCUT2D eigenvalue weighted by molar-refractivity contribution is -0.141. The average Bonchev–Trinajstić information content (AvgIpc) is 2.85. The zero-order valence-corrected chi connectivity index (χ0v) is 15.4. The van der Waals surface area contributed by atoms with Crippen molar-refractivity contribution >= 4 is 18.3 Å². The number of aromatic nitrogens is 1. The fourth-order valence-corrected chi connectivity index (χ4v) is 3.04. The van der Waals surface area contributed by atoms with E-state index in [1.807, 2.05) is 0 Å². The van der Waals surface area contributed by atoms with Gasteiger partial charge in [-0.1, -0.05) is 18.2 Å². The normalized spacial score (nSPS) is 17.8. The molecule has 8 heteroatoms. The van der Waals surface area contributed by atoms with Crippen molar-refractivity contribution in [2.75, 3.05) is 13.1 Å². The smallest absolute Gasteiger partial charge is 0.339 e. The number of likely N-dealkylation sites (tertiary alicyclic amines) is 1. The summed E-state index contributed by atoms with van der Waals surface area (Å²) in [5, 5.41) is 0. The van der Waals surface area contributed by atoms with Crippen LogP contribution in [0.3, 0.4) is 0 Å². The molecule has 1 atom stereocenters. The molecule has 4 nitrogen and oxygen atoms in total. The monoisotopic (exact) mass is 399 g/mol. The van der Waals surface area contributed by atoms with Crippen LogP contribution in [0.2, 0.25) is 0 Å². The zero-order chi connectivity index (χ0) is 18.7. The molecule has 146 valence electrons. The van der Waals surface area contributed by atoms with Crippen LogP contribution >= 0.6 is 12.4 Å². The van der Waals surface area contributed by atoms with Crippen molar-refractivity contribution in [1.82, 2.24) is 9.88 Å². The molecule has 1 aliphatic rings. The number of rotatable bonds is 2. The second kappa shape index (κ2) is 8.71. The molecule has 1 aliphatic heterocycles. The number of amides is 1. The third kappa shape index (κ3) is 5.20. The van der Waals surface area contributed by atoms with Gasteiger partial charge in [0.25, 0.3) is 5.91 Å². The highest BCUT2D eigenvalue weighted by atomic mass is 35.5. The summed E-state index contributed by atoms with van der Waals surface area (Å²) in [7, 11) is 0. The number of carbonyl (C=O) groups is 1. The Morgan fingerprint density at radius 3 is 2.44 bits per heavy atom. The van der Waals surface area contributed by atoms with Gasteiger partial charge in [-0.15, -0.1) is 12.4 Å². The lowest BCUT2D eigenvalue weighted by Gasteiger charge is -2.20. The predicted octanol–water partition coefficient (Wildman–Crippen LogP) is 4.14. The Morgan fingerprint density at radius 2 is 1.78 bits per heavy atom. The van der Waals surface area contributed by atoms with Gasteiger partial charge in [-0.05, 0) is 43.5 Å². The molecule has 1 amide bonds. The molecule has 3 rings (SSSR count). The minimum atomic E-state index is -4.49. The zero-order valence-electron chi connectivity index (χ0n) is 14.6. The van der Waals surface area contributed by atoms with Crippen molar-refractivity contribution < 1.29 is 18.0 Å². The molecule has 0 bridgehead atoms. The van der Waals surface area contributed by atoms with E-state index >= 15 is 0 Å². The number of pyridine rings is 1. The van der Waals surface area contributed by atoms with Crippen LogP contribution in [0.4, 0.5) is 13.2 Å². The molecule has 1 aromatic heterocycles. The van der Waals surface area contributed by atoms with E-state index in [1.54, 1.807) is 29.2 Å². The van der Waals surface area contributed by atoms with Crippen molar-refractivity contribution in [3.63, 3.8) is 0 Å². The van der Waals surface area contributed by atoms with Gasteiger partial charge < -0.3 is 10.6 Å². The minimum Gasteiger partial charge on any atom is -0.339 e. The van der Waals surface area contributed by atoms with Crippen LogP contribution in [-0.4, -0.2) is 34.9 Å². The van der Waals surface area contributed by atoms with Gasteiger partial charge in [-0.2, -0.15) is 13.2 Å². The van der Waals surface area contributed by atoms with Crippen LogP contribution in [-0.2, 0) is 6.18 Å². The number of alkyl halides is 3. The van der Waals surface area contributed by atoms with E-state index in [4.69, 9.17) is 5.73 Å². The molecule has 2 aromatic rings. The second-order valence-electron chi connectivity index (χ2n) is 6.47. The lowest BCUT2D eigenvalue weighted by Crippen LogP contribution is -2.32. The average molecular weight is 400 g/mol. The predicted molar refractivity (Wildman–Crippen MR) is 99.7 cm³/mol. The summed E-state index contributed by atoms with van der Waals surface area (Å²) >= 11 is 0. The summed E-state index contributed by atoms with van der Waals surface area (Å²) in [4.78, 5) is 18.1. The van der Waals surface area contributed by atoms with Crippen LogP contribution in [0.5, 0.6) is 0 Å². The fourth-order valence-electron chi connectivity index (χ4n) is 3.04.